The highest BCUT2D eigenvalue weighted by Gasteiger charge is 2.57. The summed E-state index contributed by atoms with van der Waals surface area (Å²) in [5.74, 6) is -0.918. The molecular formula is C16H21NO4S. The molecule has 1 aliphatic heterocycles. The number of carboxylic acid groups (broad SMARTS) is 1. The van der Waals surface area contributed by atoms with Gasteiger partial charge in [0.05, 0.1) is 10.3 Å². The minimum Gasteiger partial charge on any atom is -0.481 e. The summed E-state index contributed by atoms with van der Waals surface area (Å²) in [4.78, 5) is 12.0. The van der Waals surface area contributed by atoms with Crippen molar-refractivity contribution in [3.63, 3.8) is 0 Å². The SMILES string of the molecule is Cc1ccc(S(=O)(=O)N2C[C@@H]3CCC[C@@]3(C(=O)O)C2)c(C)c1. The van der Waals surface area contributed by atoms with E-state index in [4.69, 9.17) is 0 Å². The lowest BCUT2D eigenvalue weighted by Crippen LogP contribution is -2.37. The molecular weight excluding hydrogens is 302 g/mol. The molecule has 2 fully saturated rings. The first-order valence-corrected chi connectivity index (χ1v) is 9.02. The number of carbonyl (C=O) groups is 1. The van der Waals surface area contributed by atoms with Crippen LogP contribution in [0.3, 0.4) is 0 Å². The van der Waals surface area contributed by atoms with Gasteiger partial charge in [-0.25, -0.2) is 8.42 Å². The van der Waals surface area contributed by atoms with E-state index in [-0.39, 0.29) is 12.5 Å². The van der Waals surface area contributed by atoms with Crippen LogP contribution in [0.5, 0.6) is 0 Å². The first-order chi connectivity index (χ1) is 10.3. The Labute approximate surface area is 131 Å². The highest BCUT2D eigenvalue weighted by Crippen LogP contribution is 2.50. The molecule has 0 radical (unpaired) electrons. The summed E-state index contributed by atoms with van der Waals surface area (Å²) in [6.45, 7) is 4.12. The van der Waals surface area contributed by atoms with Crippen LogP contribution in [-0.4, -0.2) is 36.9 Å². The number of aryl methyl sites for hydroxylation is 2. The topological polar surface area (TPSA) is 74.7 Å². The second-order valence-corrected chi connectivity index (χ2v) is 8.52. The van der Waals surface area contributed by atoms with Crippen LogP contribution in [0.2, 0.25) is 0 Å². The maximum absolute atomic E-state index is 12.9. The van der Waals surface area contributed by atoms with Crippen molar-refractivity contribution in [1.29, 1.82) is 0 Å². The molecule has 1 heterocycles. The smallest absolute Gasteiger partial charge is 0.311 e. The lowest BCUT2D eigenvalue weighted by atomic mass is 9.81. The zero-order valence-electron chi connectivity index (χ0n) is 12.9. The minimum atomic E-state index is -3.63. The second-order valence-electron chi connectivity index (χ2n) is 6.62. The van der Waals surface area contributed by atoms with Crippen molar-refractivity contribution in [2.75, 3.05) is 13.1 Å². The maximum Gasteiger partial charge on any atom is 0.311 e. The summed E-state index contributed by atoms with van der Waals surface area (Å²) >= 11 is 0. The van der Waals surface area contributed by atoms with Gasteiger partial charge in [0.2, 0.25) is 10.0 Å². The molecule has 120 valence electrons. The van der Waals surface area contributed by atoms with Crippen LogP contribution in [0.1, 0.15) is 30.4 Å². The molecule has 1 saturated heterocycles. The first-order valence-electron chi connectivity index (χ1n) is 7.58. The molecule has 1 aromatic carbocycles. The minimum absolute atomic E-state index is 0.0643. The van der Waals surface area contributed by atoms with E-state index in [0.29, 0.717) is 23.4 Å². The number of rotatable bonds is 3. The van der Waals surface area contributed by atoms with Crippen LogP contribution in [0.25, 0.3) is 0 Å². The van der Waals surface area contributed by atoms with Gasteiger partial charge in [0.1, 0.15) is 0 Å². The molecule has 0 aromatic heterocycles. The molecule has 1 N–H and O–H groups in total. The van der Waals surface area contributed by atoms with Gasteiger partial charge in [-0.3, -0.25) is 4.79 Å². The van der Waals surface area contributed by atoms with E-state index < -0.39 is 21.4 Å². The summed E-state index contributed by atoms with van der Waals surface area (Å²) in [7, 11) is -3.63. The van der Waals surface area contributed by atoms with Gasteiger partial charge in [0.15, 0.2) is 0 Å². The van der Waals surface area contributed by atoms with Gasteiger partial charge in [-0.15, -0.1) is 0 Å². The molecule has 22 heavy (non-hydrogen) atoms. The number of aliphatic carboxylic acids is 1. The van der Waals surface area contributed by atoms with Crippen LogP contribution < -0.4 is 0 Å². The predicted molar refractivity (Wildman–Crippen MR) is 82.1 cm³/mol. The van der Waals surface area contributed by atoms with Gasteiger partial charge in [0.25, 0.3) is 0 Å². The standard InChI is InChI=1S/C16H21NO4S/c1-11-5-6-14(12(2)8-11)22(20,21)17-9-13-4-3-7-16(13,10-17)15(18)19/h5-6,8,13H,3-4,7,9-10H2,1-2H3,(H,18,19)/t13-,16+/m0/s1. The Morgan fingerprint density at radius 3 is 2.68 bits per heavy atom. The fraction of sp³-hybridized carbons (Fsp3) is 0.562. The van der Waals surface area contributed by atoms with Crippen LogP contribution in [0.15, 0.2) is 23.1 Å². The monoisotopic (exact) mass is 323 g/mol. The van der Waals surface area contributed by atoms with E-state index in [2.05, 4.69) is 0 Å². The third-order valence-electron chi connectivity index (χ3n) is 5.21. The van der Waals surface area contributed by atoms with Crippen molar-refractivity contribution in [2.45, 2.75) is 38.0 Å². The first kappa shape index (κ1) is 15.5. The fourth-order valence-electron chi connectivity index (χ4n) is 4.00. The molecule has 0 amide bonds. The van der Waals surface area contributed by atoms with Crippen molar-refractivity contribution in [3.05, 3.63) is 29.3 Å². The Balaban J connectivity index is 1.96. The van der Waals surface area contributed by atoms with Gasteiger partial charge in [-0.2, -0.15) is 4.31 Å². The molecule has 6 heteroatoms. The maximum atomic E-state index is 12.9. The van der Waals surface area contributed by atoms with Crippen molar-refractivity contribution in [2.24, 2.45) is 11.3 Å². The van der Waals surface area contributed by atoms with Gasteiger partial charge in [0, 0.05) is 13.1 Å². The number of fused-ring (bicyclic) bond motifs is 1. The van der Waals surface area contributed by atoms with E-state index in [1.807, 2.05) is 13.0 Å². The molecule has 5 nitrogen and oxygen atoms in total. The van der Waals surface area contributed by atoms with Gasteiger partial charge in [-0.1, -0.05) is 24.1 Å². The molecule has 0 bridgehead atoms. The third kappa shape index (κ3) is 2.16. The number of benzene rings is 1. The summed E-state index contributed by atoms with van der Waals surface area (Å²) in [5, 5.41) is 9.60. The molecule has 2 aliphatic rings. The number of hydrogen-bond acceptors (Lipinski definition) is 3. The van der Waals surface area contributed by atoms with Crippen LogP contribution in [-0.2, 0) is 14.8 Å². The van der Waals surface area contributed by atoms with Crippen LogP contribution >= 0.6 is 0 Å². The average molecular weight is 323 g/mol. The van der Waals surface area contributed by atoms with Crippen molar-refractivity contribution < 1.29 is 18.3 Å². The average Bonchev–Trinajstić information content (AvgIpc) is 2.95. The Bertz CT molecular complexity index is 728. The number of nitrogens with zero attached hydrogens (tertiary/aromatic N) is 1. The number of hydrogen-bond donors (Lipinski definition) is 1. The van der Waals surface area contributed by atoms with Crippen LogP contribution in [0, 0.1) is 25.2 Å². The van der Waals surface area contributed by atoms with Gasteiger partial charge < -0.3 is 5.11 Å². The normalized spacial score (nSPS) is 28.7. The zero-order chi connectivity index (χ0) is 16.1. The lowest BCUT2D eigenvalue weighted by molar-refractivity contribution is -0.149. The summed E-state index contributed by atoms with van der Waals surface area (Å²) in [6.07, 6.45) is 2.24. The van der Waals surface area contributed by atoms with E-state index in [1.165, 1.54) is 4.31 Å². The van der Waals surface area contributed by atoms with Crippen molar-refractivity contribution in [3.8, 4) is 0 Å². The molecule has 0 spiro atoms. The van der Waals surface area contributed by atoms with E-state index >= 15 is 0 Å². The summed E-state index contributed by atoms with van der Waals surface area (Å²) in [5.41, 5.74) is 0.837. The van der Waals surface area contributed by atoms with Gasteiger partial charge in [-0.05, 0) is 44.2 Å². The molecule has 1 aromatic rings. The van der Waals surface area contributed by atoms with E-state index in [9.17, 15) is 18.3 Å². The molecule has 0 unspecified atom stereocenters. The third-order valence-corrected chi connectivity index (χ3v) is 7.19. The largest absolute Gasteiger partial charge is 0.481 e. The molecule has 2 atom stereocenters. The van der Waals surface area contributed by atoms with Gasteiger partial charge >= 0.3 is 5.97 Å². The lowest BCUT2D eigenvalue weighted by Gasteiger charge is -2.23. The zero-order valence-corrected chi connectivity index (χ0v) is 13.7. The molecule has 3 rings (SSSR count). The van der Waals surface area contributed by atoms with E-state index in [0.717, 1.165) is 18.4 Å². The number of carboxylic acids is 1. The van der Waals surface area contributed by atoms with Crippen molar-refractivity contribution >= 4 is 16.0 Å². The van der Waals surface area contributed by atoms with E-state index in [1.54, 1.807) is 19.1 Å². The molecule has 1 saturated carbocycles. The second kappa shape index (κ2) is 5.06. The highest BCUT2D eigenvalue weighted by atomic mass is 32.2. The Kier molecular flexibility index (Phi) is 3.57. The highest BCUT2D eigenvalue weighted by molar-refractivity contribution is 7.89. The summed E-state index contributed by atoms with van der Waals surface area (Å²) < 4.78 is 27.2. The molecule has 1 aliphatic carbocycles. The quantitative estimate of drug-likeness (QED) is 0.925. The Morgan fingerprint density at radius 1 is 1.36 bits per heavy atom. The Hall–Kier alpha value is -1.40. The van der Waals surface area contributed by atoms with Crippen molar-refractivity contribution in [1.82, 2.24) is 4.31 Å². The fourth-order valence-corrected chi connectivity index (χ4v) is 5.76. The predicted octanol–water partition coefficient (Wildman–Crippen LogP) is 2.18. The Morgan fingerprint density at radius 2 is 2.09 bits per heavy atom. The summed E-state index contributed by atoms with van der Waals surface area (Å²) in [6, 6.07) is 5.25. The van der Waals surface area contributed by atoms with Crippen LogP contribution in [0.4, 0.5) is 0 Å². The number of sulfonamides is 1.